The topological polar surface area (TPSA) is 0 Å². The Morgan fingerprint density at radius 2 is 0.731 bits per heavy atom. The predicted octanol–water partition coefficient (Wildman–Crippen LogP) is 8.85. The molecule has 3 aromatic carbocycles. The van der Waals surface area contributed by atoms with Crippen LogP contribution in [0.4, 0.5) is 0 Å². The smallest absolute Gasteiger partial charge is 0.0362 e. The molecule has 0 nitrogen and oxygen atoms in total. The third-order valence-corrected chi connectivity index (χ3v) is 9.04. The van der Waals surface area contributed by atoms with Crippen molar-refractivity contribution < 1.29 is 0 Å². The fourth-order valence-corrected chi connectivity index (χ4v) is 7.82. The number of thiophene rings is 4. The van der Waals surface area contributed by atoms with E-state index in [0.29, 0.717) is 0 Å². The van der Waals surface area contributed by atoms with Crippen molar-refractivity contribution in [2.45, 2.75) is 0 Å². The molecule has 0 radical (unpaired) electrons. The van der Waals surface area contributed by atoms with Gasteiger partial charge in [0.25, 0.3) is 0 Å². The van der Waals surface area contributed by atoms with Gasteiger partial charge in [-0.2, -0.15) is 22.7 Å². The standard InChI is InChI=1S/C22H10S4/c1-11-7-23-9-13(11)3-19-15(1)17-5-22-18(6-21(17)25-19)16-2-12-8-24-10-14(12)4-20(16)26-22/h1-10H. The third-order valence-electron chi connectivity index (χ3n) is 5.25. The first-order valence-corrected chi connectivity index (χ1v) is 11.9. The molecule has 0 saturated heterocycles. The van der Waals surface area contributed by atoms with Gasteiger partial charge in [-0.05, 0) is 79.5 Å². The van der Waals surface area contributed by atoms with Crippen LogP contribution in [0.3, 0.4) is 0 Å². The Labute approximate surface area is 164 Å². The van der Waals surface area contributed by atoms with Crippen LogP contribution >= 0.6 is 45.3 Å². The zero-order chi connectivity index (χ0) is 16.8. The summed E-state index contributed by atoms with van der Waals surface area (Å²) in [7, 11) is 0. The van der Waals surface area contributed by atoms with Crippen molar-refractivity contribution in [1.29, 1.82) is 0 Å². The molecule has 0 saturated carbocycles. The average molecular weight is 403 g/mol. The molecule has 4 heteroatoms. The maximum atomic E-state index is 2.42. The van der Waals surface area contributed by atoms with Crippen LogP contribution in [0.1, 0.15) is 0 Å². The van der Waals surface area contributed by atoms with Crippen molar-refractivity contribution in [3.05, 3.63) is 57.9 Å². The van der Waals surface area contributed by atoms with Gasteiger partial charge in [-0.1, -0.05) is 0 Å². The summed E-state index contributed by atoms with van der Waals surface area (Å²) in [6.07, 6.45) is 0. The molecule has 0 fully saturated rings. The van der Waals surface area contributed by atoms with Crippen LogP contribution < -0.4 is 0 Å². The summed E-state index contributed by atoms with van der Waals surface area (Å²) >= 11 is 7.42. The molecule has 0 N–H and O–H groups in total. The van der Waals surface area contributed by atoms with Gasteiger partial charge in [0, 0.05) is 40.3 Å². The fraction of sp³-hybridized carbons (Fsp3) is 0. The number of fused-ring (bicyclic) bond motifs is 8. The summed E-state index contributed by atoms with van der Waals surface area (Å²) in [5.74, 6) is 0. The Bertz CT molecular complexity index is 1510. The monoisotopic (exact) mass is 402 g/mol. The molecule has 0 spiro atoms. The van der Waals surface area contributed by atoms with Gasteiger partial charge in [-0.3, -0.25) is 0 Å². The maximum absolute atomic E-state index is 2.42. The van der Waals surface area contributed by atoms with Crippen LogP contribution in [0.5, 0.6) is 0 Å². The van der Waals surface area contributed by atoms with Crippen molar-refractivity contribution >= 4 is 107 Å². The minimum atomic E-state index is 1.36. The highest BCUT2D eigenvalue weighted by Crippen LogP contribution is 2.43. The minimum absolute atomic E-state index is 1.36. The van der Waals surface area contributed by atoms with Gasteiger partial charge in [-0.15, -0.1) is 22.7 Å². The van der Waals surface area contributed by atoms with E-state index in [1.807, 2.05) is 22.7 Å². The van der Waals surface area contributed by atoms with E-state index in [1.165, 1.54) is 61.9 Å². The highest BCUT2D eigenvalue weighted by Gasteiger charge is 2.12. The predicted molar refractivity (Wildman–Crippen MR) is 123 cm³/mol. The third kappa shape index (κ3) is 1.78. The Balaban J connectivity index is 1.66. The van der Waals surface area contributed by atoms with Crippen LogP contribution in [-0.4, -0.2) is 0 Å². The zero-order valence-electron chi connectivity index (χ0n) is 13.4. The van der Waals surface area contributed by atoms with Crippen molar-refractivity contribution in [3.8, 4) is 0 Å². The van der Waals surface area contributed by atoms with Crippen LogP contribution in [-0.2, 0) is 0 Å². The van der Waals surface area contributed by atoms with Crippen LogP contribution in [0.2, 0.25) is 0 Å². The van der Waals surface area contributed by atoms with Crippen molar-refractivity contribution in [1.82, 2.24) is 0 Å². The molecule has 122 valence electrons. The first kappa shape index (κ1) is 14.1. The molecule has 4 aromatic heterocycles. The summed E-state index contributed by atoms with van der Waals surface area (Å²) in [6, 6.07) is 14.3. The molecule has 0 aliphatic carbocycles. The van der Waals surface area contributed by atoms with Crippen LogP contribution in [0.15, 0.2) is 57.9 Å². The number of rotatable bonds is 0. The minimum Gasteiger partial charge on any atom is -0.151 e. The lowest BCUT2D eigenvalue weighted by atomic mass is 10.1. The highest BCUT2D eigenvalue weighted by molar-refractivity contribution is 7.27. The lowest BCUT2D eigenvalue weighted by molar-refractivity contribution is 2.03. The van der Waals surface area contributed by atoms with Crippen LogP contribution in [0.25, 0.3) is 61.9 Å². The summed E-state index contributed by atoms with van der Waals surface area (Å²) < 4.78 is 5.59. The molecule has 0 aliphatic rings. The molecule has 7 aromatic rings. The maximum Gasteiger partial charge on any atom is 0.0362 e. The van der Waals surface area contributed by atoms with Gasteiger partial charge < -0.3 is 0 Å². The Hall–Kier alpha value is -1.98. The van der Waals surface area contributed by atoms with E-state index in [4.69, 9.17) is 0 Å². The van der Waals surface area contributed by atoms with E-state index in [1.54, 1.807) is 22.7 Å². The largest absolute Gasteiger partial charge is 0.151 e. The Morgan fingerprint density at radius 3 is 1.19 bits per heavy atom. The average Bonchev–Trinajstić information content (AvgIpc) is 3.40. The van der Waals surface area contributed by atoms with Crippen LogP contribution in [0, 0.1) is 0 Å². The van der Waals surface area contributed by atoms with Gasteiger partial charge in [0.1, 0.15) is 0 Å². The first-order chi connectivity index (χ1) is 12.8. The molecule has 0 amide bonds. The normalized spacial score (nSPS) is 12.6. The molecule has 7 rings (SSSR count). The summed E-state index contributed by atoms with van der Waals surface area (Å²) in [4.78, 5) is 0. The summed E-state index contributed by atoms with van der Waals surface area (Å²) in [5.41, 5.74) is 0. The fourth-order valence-electron chi connectivity index (χ4n) is 3.97. The molecule has 26 heavy (non-hydrogen) atoms. The quantitative estimate of drug-likeness (QED) is 0.238. The van der Waals surface area contributed by atoms with E-state index < -0.39 is 0 Å². The second-order valence-corrected chi connectivity index (χ2v) is 10.4. The number of hydrogen-bond acceptors (Lipinski definition) is 4. The van der Waals surface area contributed by atoms with Gasteiger partial charge in [0.05, 0.1) is 0 Å². The first-order valence-electron chi connectivity index (χ1n) is 8.38. The zero-order valence-corrected chi connectivity index (χ0v) is 16.7. The van der Waals surface area contributed by atoms with Gasteiger partial charge in [0.15, 0.2) is 0 Å². The number of benzene rings is 3. The number of hydrogen-bond donors (Lipinski definition) is 0. The second-order valence-electron chi connectivity index (χ2n) is 6.75. The Kier molecular flexibility index (Phi) is 2.63. The van der Waals surface area contributed by atoms with Gasteiger partial charge in [-0.25, -0.2) is 0 Å². The molecule has 0 bridgehead atoms. The highest BCUT2D eigenvalue weighted by atomic mass is 32.1. The van der Waals surface area contributed by atoms with Gasteiger partial charge >= 0.3 is 0 Å². The Morgan fingerprint density at radius 1 is 0.385 bits per heavy atom. The second kappa shape index (κ2) is 4.84. The SMILES string of the molecule is c1scc2cc3c(cc12)sc1cc2c(cc13)sc1cc3cscc3cc12. The van der Waals surface area contributed by atoms with E-state index in [-0.39, 0.29) is 0 Å². The molecule has 4 heterocycles. The molecule has 0 unspecified atom stereocenters. The summed E-state index contributed by atoms with van der Waals surface area (Å²) in [5, 5.41) is 20.0. The van der Waals surface area contributed by atoms with E-state index >= 15 is 0 Å². The van der Waals surface area contributed by atoms with Gasteiger partial charge in [0.2, 0.25) is 0 Å². The van der Waals surface area contributed by atoms with E-state index in [0.717, 1.165) is 0 Å². The van der Waals surface area contributed by atoms with Crippen molar-refractivity contribution in [2.24, 2.45) is 0 Å². The molecule has 0 aliphatic heterocycles. The molecule has 0 atom stereocenters. The van der Waals surface area contributed by atoms with E-state index in [2.05, 4.69) is 57.9 Å². The lowest BCUT2D eigenvalue weighted by Gasteiger charge is -1.95. The van der Waals surface area contributed by atoms with E-state index in [9.17, 15) is 0 Å². The van der Waals surface area contributed by atoms with Crippen molar-refractivity contribution in [2.75, 3.05) is 0 Å². The lowest BCUT2D eigenvalue weighted by Crippen LogP contribution is -1.69. The molecular formula is C22H10S4. The summed E-state index contributed by atoms with van der Waals surface area (Å²) in [6.45, 7) is 0. The molecular weight excluding hydrogens is 393 g/mol. The van der Waals surface area contributed by atoms with Crippen molar-refractivity contribution in [3.63, 3.8) is 0 Å².